The smallest absolute Gasteiger partial charge is 0.335 e. The van der Waals surface area contributed by atoms with E-state index in [0.29, 0.717) is 5.89 Å². The average molecular weight is 293 g/mol. The van der Waals surface area contributed by atoms with Crippen molar-refractivity contribution in [3.63, 3.8) is 0 Å². The van der Waals surface area contributed by atoms with Crippen LogP contribution in [0.15, 0.2) is 53.1 Å². The number of aromatic nitrogens is 1. The van der Waals surface area contributed by atoms with Gasteiger partial charge in [-0.2, -0.15) is 0 Å². The van der Waals surface area contributed by atoms with Crippen LogP contribution in [0.5, 0.6) is 0 Å². The second-order valence-electron chi connectivity index (χ2n) is 5.19. The molecule has 110 valence electrons. The molecule has 0 radical (unpaired) electrons. The Hall–Kier alpha value is -2.88. The fourth-order valence-corrected chi connectivity index (χ4v) is 2.40. The van der Waals surface area contributed by atoms with Gasteiger partial charge >= 0.3 is 5.97 Å². The molecule has 3 rings (SSSR count). The Morgan fingerprint density at radius 1 is 1.05 bits per heavy atom. The number of hydrogen-bond donors (Lipinski definition) is 1. The molecule has 0 fully saturated rings. The molecule has 2 aromatic carbocycles. The molecule has 1 N–H and O–H groups in total. The predicted octanol–water partition coefficient (Wildman–Crippen LogP) is 4.32. The fraction of sp³-hybridized carbons (Fsp3) is 0.111. The third kappa shape index (κ3) is 2.63. The van der Waals surface area contributed by atoms with E-state index in [1.165, 1.54) is 0 Å². The van der Waals surface area contributed by atoms with Crippen molar-refractivity contribution < 1.29 is 14.3 Å². The molecule has 0 aliphatic heterocycles. The summed E-state index contributed by atoms with van der Waals surface area (Å²) in [5.41, 5.74) is 4.34. The van der Waals surface area contributed by atoms with Gasteiger partial charge in [-0.1, -0.05) is 18.2 Å². The predicted molar refractivity (Wildman–Crippen MR) is 83.8 cm³/mol. The summed E-state index contributed by atoms with van der Waals surface area (Å²) in [5, 5.41) is 8.95. The number of oxazole rings is 1. The van der Waals surface area contributed by atoms with Crippen molar-refractivity contribution in [1.29, 1.82) is 0 Å². The summed E-state index contributed by atoms with van der Waals surface area (Å²) in [4.78, 5) is 15.1. The number of hydrogen-bond acceptors (Lipinski definition) is 3. The topological polar surface area (TPSA) is 63.3 Å². The van der Waals surface area contributed by atoms with Gasteiger partial charge in [-0.05, 0) is 54.8 Å². The zero-order valence-electron chi connectivity index (χ0n) is 12.3. The van der Waals surface area contributed by atoms with Crippen molar-refractivity contribution in [2.45, 2.75) is 13.8 Å². The molecule has 0 atom stereocenters. The summed E-state index contributed by atoms with van der Waals surface area (Å²) in [6.07, 6.45) is 1.70. The lowest BCUT2D eigenvalue weighted by Gasteiger charge is -2.08. The van der Waals surface area contributed by atoms with Gasteiger partial charge in [0.2, 0.25) is 5.89 Å². The zero-order valence-corrected chi connectivity index (χ0v) is 12.3. The summed E-state index contributed by atoms with van der Waals surface area (Å²) in [6, 6.07) is 12.8. The van der Waals surface area contributed by atoms with Crippen molar-refractivity contribution in [2.75, 3.05) is 0 Å². The van der Waals surface area contributed by atoms with Gasteiger partial charge in [0.25, 0.3) is 0 Å². The van der Waals surface area contributed by atoms with E-state index in [1.807, 2.05) is 44.2 Å². The van der Waals surface area contributed by atoms with Crippen LogP contribution in [0, 0.1) is 13.8 Å². The lowest BCUT2D eigenvalue weighted by Crippen LogP contribution is -1.95. The molecule has 0 amide bonds. The minimum atomic E-state index is -0.919. The molecular weight excluding hydrogens is 278 g/mol. The van der Waals surface area contributed by atoms with Crippen LogP contribution >= 0.6 is 0 Å². The Kier molecular flexibility index (Phi) is 3.51. The molecular formula is C18H15NO3. The normalized spacial score (nSPS) is 10.6. The van der Waals surface area contributed by atoms with Gasteiger partial charge < -0.3 is 9.52 Å². The molecule has 0 saturated carbocycles. The summed E-state index contributed by atoms with van der Waals surface area (Å²) in [5.74, 6) is 0.465. The van der Waals surface area contributed by atoms with Crippen LogP contribution in [0.1, 0.15) is 21.7 Å². The molecule has 4 nitrogen and oxygen atoms in total. The van der Waals surface area contributed by atoms with Crippen LogP contribution in [0.4, 0.5) is 0 Å². The first-order chi connectivity index (χ1) is 10.5. The number of carboxylic acids is 1. The molecule has 3 aromatic rings. The fourth-order valence-electron chi connectivity index (χ4n) is 2.40. The van der Waals surface area contributed by atoms with Crippen LogP contribution in [0.2, 0.25) is 0 Å². The molecule has 4 heteroatoms. The Bertz CT molecular complexity index is 832. The Labute approximate surface area is 128 Å². The van der Waals surface area contributed by atoms with Gasteiger partial charge in [-0.3, -0.25) is 0 Å². The first-order valence-corrected chi connectivity index (χ1v) is 6.92. The highest BCUT2D eigenvalue weighted by Gasteiger charge is 2.09. The minimum Gasteiger partial charge on any atom is -0.478 e. The average Bonchev–Trinajstić information content (AvgIpc) is 2.94. The summed E-state index contributed by atoms with van der Waals surface area (Å²) >= 11 is 0. The summed E-state index contributed by atoms with van der Waals surface area (Å²) in [7, 11) is 0. The SMILES string of the molecule is Cc1cnc(-c2ccc(-c3ccc(C(=O)O)cc3)c(C)c2)o1. The van der Waals surface area contributed by atoms with E-state index >= 15 is 0 Å². The van der Waals surface area contributed by atoms with Crippen molar-refractivity contribution >= 4 is 5.97 Å². The van der Waals surface area contributed by atoms with Crippen LogP contribution in [0.3, 0.4) is 0 Å². The number of aryl methyl sites for hydroxylation is 2. The van der Waals surface area contributed by atoms with E-state index in [4.69, 9.17) is 9.52 Å². The Balaban J connectivity index is 1.96. The number of benzene rings is 2. The quantitative estimate of drug-likeness (QED) is 0.781. The number of carbonyl (C=O) groups is 1. The maximum Gasteiger partial charge on any atom is 0.335 e. The van der Waals surface area contributed by atoms with E-state index < -0.39 is 5.97 Å². The van der Waals surface area contributed by atoms with Gasteiger partial charge in [-0.15, -0.1) is 0 Å². The van der Waals surface area contributed by atoms with Gasteiger partial charge in [0.15, 0.2) is 0 Å². The third-order valence-electron chi connectivity index (χ3n) is 3.54. The molecule has 0 unspecified atom stereocenters. The Morgan fingerprint density at radius 3 is 2.27 bits per heavy atom. The molecule has 0 spiro atoms. The van der Waals surface area contributed by atoms with Gasteiger partial charge in [0.05, 0.1) is 11.8 Å². The van der Waals surface area contributed by atoms with E-state index in [2.05, 4.69) is 4.98 Å². The van der Waals surface area contributed by atoms with E-state index in [1.54, 1.807) is 18.3 Å². The highest BCUT2D eigenvalue weighted by atomic mass is 16.4. The highest BCUT2D eigenvalue weighted by molar-refractivity contribution is 5.88. The number of nitrogens with zero attached hydrogens (tertiary/aromatic N) is 1. The van der Waals surface area contributed by atoms with Crippen molar-refractivity contribution in [3.05, 3.63) is 65.5 Å². The summed E-state index contributed by atoms with van der Waals surface area (Å²) in [6.45, 7) is 3.88. The largest absolute Gasteiger partial charge is 0.478 e. The van der Waals surface area contributed by atoms with Crippen LogP contribution < -0.4 is 0 Å². The standard InChI is InChI=1S/C18H15NO3/c1-11-9-15(17-19-10-12(2)22-17)7-8-16(11)13-3-5-14(6-4-13)18(20)21/h3-10H,1-2H3,(H,20,21). The van der Waals surface area contributed by atoms with Gasteiger partial charge in [0, 0.05) is 5.56 Å². The lowest BCUT2D eigenvalue weighted by atomic mass is 9.97. The van der Waals surface area contributed by atoms with E-state index in [0.717, 1.165) is 28.0 Å². The molecule has 0 aliphatic rings. The van der Waals surface area contributed by atoms with Gasteiger partial charge in [0.1, 0.15) is 5.76 Å². The lowest BCUT2D eigenvalue weighted by molar-refractivity contribution is 0.0697. The van der Waals surface area contributed by atoms with E-state index in [9.17, 15) is 4.79 Å². The van der Waals surface area contributed by atoms with Crippen molar-refractivity contribution in [2.24, 2.45) is 0 Å². The Morgan fingerprint density at radius 2 is 1.73 bits per heavy atom. The molecule has 0 saturated heterocycles. The molecule has 1 heterocycles. The minimum absolute atomic E-state index is 0.285. The highest BCUT2D eigenvalue weighted by Crippen LogP contribution is 2.28. The first-order valence-electron chi connectivity index (χ1n) is 6.92. The second kappa shape index (κ2) is 5.48. The van der Waals surface area contributed by atoms with Crippen molar-refractivity contribution in [3.8, 4) is 22.6 Å². The first kappa shape index (κ1) is 14.1. The second-order valence-corrected chi connectivity index (χ2v) is 5.19. The number of carboxylic acid groups (broad SMARTS) is 1. The molecule has 22 heavy (non-hydrogen) atoms. The van der Waals surface area contributed by atoms with E-state index in [-0.39, 0.29) is 5.56 Å². The van der Waals surface area contributed by atoms with Gasteiger partial charge in [-0.25, -0.2) is 9.78 Å². The molecule has 0 bridgehead atoms. The van der Waals surface area contributed by atoms with Crippen LogP contribution in [-0.4, -0.2) is 16.1 Å². The third-order valence-corrected chi connectivity index (χ3v) is 3.54. The summed E-state index contributed by atoms with van der Waals surface area (Å²) < 4.78 is 5.54. The molecule has 1 aromatic heterocycles. The number of rotatable bonds is 3. The zero-order chi connectivity index (χ0) is 15.7. The monoisotopic (exact) mass is 293 g/mol. The van der Waals surface area contributed by atoms with Crippen LogP contribution in [-0.2, 0) is 0 Å². The van der Waals surface area contributed by atoms with Crippen molar-refractivity contribution in [1.82, 2.24) is 4.98 Å². The maximum atomic E-state index is 10.9. The maximum absolute atomic E-state index is 10.9. The molecule has 0 aliphatic carbocycles. The van der Waals surface area contributed by atoms with Crippen LogP contribution in [0.25, 0.3) is 22.6 Å². The number of aromatic carboxylic acids is 1.